The van der Waals surface area contributed by atoms with E-state index in [1.54, 1.807) is 0 Å². The maximum atomic E-state index is 3.59. The molecule has 2 aliphatic heterocycles. The topological polar surface area (TPSA) is 18.3 Å². The summed E-state index contributed by atoms with van der Waals surface area (Å²) >= 11 is 0. The summed E-state index contributed by atoms with van der Waals surface area (Å²) in [5, 5.41) is 6.30. The SMILES string of the molecule is CCCC[N+]1=C(C=CC=C2N(CCC)c3ccc(NCCC)cc3C2(C)C)C(C)(C)c2c1ccc1ccccc21. The van der Waals surface area contributed by atoms with Gasteiger partial charge in [0.2, 0.25) is 5.69 Å². The van der Waals surface area contributed by atoms with E-state index >= 15 is 0 Å². The van der Waals surface area contributed by atoms with Gasteiger partial charge in [-0.15, -0.1) is 0 Å². The Bertz CT molecular complexity index is 1480. The quantitative estimate of drug-likeness (QED) is 0.261. The van der Waals surface area contributed by atoms with Crippen molar-refractivity contribution in [3.05, 3.63) is 89.6 Å². The molecule has 0 spiro atoms. The summed E-state index contributed by atoms with van der Waals surface area (Å²) in [5.41, 5.74) is 9.47. The van der Waals surface area contributed by atoms with Crippen LogP contribution in [0.4, 0.5) is 17.1 Å². The number of rotatable bonds is 10. The van der Waals surface area contributed by atoms with Crippen LogP contribution in [0, 0.1) is 0 Å². The van der Waals surface area contributed by atoms with Gasteiger partial charge in [-0.25, -0.2) is 0 Å². The third-order valence-corrected chi connectivity index (χ3v) is 8.92. The van der Waals surface area contributed by atoms with E-state index < -0.39 is 0 Å². The van der Waals surface area contributed by atoms with Crippen LogP contribution in [0.2, 0.25) is 0 Å². The Labute approximate surface area is 242 Å². The van der Waals surface area contributed by atoms with Crippen LogP contribution < -0.4 is 10.2 Å². The number of allylic oxidation sites excluding steroid dienone is 4. The maximum absolute atomic E-state index is 3.59. The second-order valence-corrected chi connectivity index (χ2v) is 12.5. The standard InChI is InChI=1S/C37H48N3/c1-8-11-25-40-32-21-19-27-15-12-13-16-29(27)35(32)37(6,7)34(40)18-14-17-33-36(4,5)30-26-28(38-23-9-2)20-22-31(30)39(33)24-10-3/h12-22,26,38H,8-11,23-25H2,1-7H3/q+1. The minimum absolute atomic E-state index is 0.0598. The second kappa shape index (κ2) is 11.3. The summed E-state index contributed by atoms with van der Waals surface area (Å²) in [6, 6.07) is 20.4. The molecule has 5 rings (SSSR count). The predicted octanol–water partition coefficient (Wildman–Crippen LogP) is 9.49. The summed E-state index contributed by atoms with van der Waals surface area (Å²) in [6.07, 6.45) is 11.7. The number of fused-ring (bicyclic) bond motifs is 4. The van der Waals surface area contributed by atoms with Gasteiger partial charge >= 0.3 is 0 Å². The van der Waals surface area contributed by atoms with Crippen molar-refractivity contribution in [3.8, 4) is 0 Å². The number of benzene rings is 3. The highest BCUT2D eigenvalue weighted by Crippen LogP contribution is 2.49. The van der Waals surface area contributed by atoms with E-state index in [-0.39, 0.29) is 10.8 Å². The predicted molar refractivity (Wildman–Crippen MR) is 175 cm³/mol. The van der Waals surface area contributed by atoms with Crippen LogP contribution in [0.15, 0.2) is 78.5 Å². The monoisotopic (exact) mass is 534 g/mol. The van der Waals surface area contributed by atoms with Gasteiger partial charge in [-0.2, -0.15) is 4.58 Å². The van der Waals surface area contributed by atoms with Gasteiger partial charge in [0.15, 0.2) is 5.71 Å². The lowest BCUT2D eigenvalue weighted by molar-refractivity contribution is -0.438. The van der Waals surface area contributed by atoms with Gasteiger partial charge in [-0.05, 0) is 73.4 Å². The van der Waals surface area contributed by atoms with Crippen LogP contribution >= 0.6 is 0 Å². The zero-order valence-corrected chi connectivity index (χ0v) is 25.8. The molecule has 3 aromatic rings. The molecule has 0 saturated carbocycles. The van der Waals surface area contributed by atoms with E-state index in [4.69, 9.17) is 0 Å². The molecule has 40 heavy (non-hydrogen) atoms. The Morgan fingerprint density at radius 1 is 0.875 bits per heavy atom. The smallest absolute Gasteiger partial charge is 0.210 e. The Kier molecular flexibility index (Phi) is 7.95. The van der Waals surface area contributed by atoms with Crippen molar-refractivity contribution in [1.29, 1.82) is 0 Å². The zero-order chi connectivity index (χ0) is 28.5. The maximum Gasteiger partial charge on any atom is 0.210 e. The minimum Gasteiger partial charge on any atom is -0.385 e. The molecule has 3 nitrogen and oxygen atoms in total. The first-order chi connectivity index (χ1) is 19.2. The third-order valence-electron chi connectivity index (χ3n) is 8.92. The lowest BCUT2D eigenvalue weighted by Gasteiger charge is -2.26. The number of hydrogen-bond acceptors (Lipinski definition) is 2. The first-order valence-electron chi connectivity index (χ1n) is 15.5. The number of nitrogens with one attached hydrogen (secondary N) is 1. The molecule has 0 aliphatic carbocycles. The van der Waals surface area contributed by atoms with Crippen molar-refractivity contribution in [2.45, 2.75) is 85.0 Å². The van der Waals surface area contributed by atoms with Crippen LogP contribution in [-0.4, -0.2) is 29.9 Å². The summed E-state index contributed by atoms with van der Waals surface area (Å²) in [5.74, 6) is 0. The summed E-state index contributed by atoms with van der Waals surface area (Å²) in [4.78, 5) is 2.55. The average Bonchev–Trinajstić information content (AvgIpc) is 3.29. The fraction of sp³-hybridized carbons (Fsp3) is 0.432. The second-order valence-electron chi connectivity index (χ2n) is 12.5. The molecule has 3 heteroatoms. The van der Waals surface area contributed by atoms with Crippen LogP contribution in [0.25, 0.3) is 10.8 Å². The molecular formula is C37H48N3+. The highest BCUT2D eigenvalue weighted by Gasteiger charge is 2.45. The van der Waals surface area contributed by atoms with Gasteiger partial charge < -0.3 is 10.2 Å². The van der Waals surface area contributed by atoms with Crippen molar-refractivity contribution < 1.29 is 4.58 Å². The molecule has 0 aromatic heterocycles. The van der Waals surface area contributed by atoms with Crippen molar-refractivity contribution in [1.82, 2.24) is 0 Å². The Morgan fingerprint density at radius 2 is 1.68 bits per heavy atom. The van der Waals surface area contributed by atoms with Gasteiger partial charge in [0.1, 0.15) is 6.54 Å². The molecule has 0 fully saturated rings. The summed E-state index contributed by atoms with van der Waals surface area (Å²) in [7, 11) is 0. The molecule has 2 heterocycles. The fourth-order valence-corrected chi connectivity index (χ4v) is 6.84. The lowest BCUT2D eigenvalue weighted by Crippen LogP contribution is -2.28. The van der Waals surface area contributed by atoms with Gasteiger partial charge in [-0.3, -0.25) is 0 Å². The van der Waals surface area contributed by atoms with Crippen LogP contribution in [0.1, 0.15) is 85.3 Å². The van der Waals surface area contributed by atoms with Gasteiger partial charge in [0, 0.05) is 59.7 Å². The highest BCUT2D eigenvalue weighted by molar-refractivity contribution is 6.07. The molecule has 0 amide bonds. The minimum atomic E-state index is -0.0734. The first kappa shape index (κ1) is 28.2. The summed E-state index contributed by atoms with van der Waals surface area (Å²) in [6.45, 7) is 19.4. The van der Waals surface area contributed by atoms with Crippen molar-refractivity contribution in [3.63, 3.8) is 0 Å². The van der Waals surface area contributed by atoms with Crippen LogP contribution in [0.5, 0.6) is 0 Å². The number of unbranched alkanes of at least 4 members (excludes halogenated alkanes) is 1. The normalized spacial score (nSPS) is 18.3. The Hall–Kier alpha value is -3.33. The molecule has 210 valence electrons. The van der Waals surface area contributed by atoms with E-state index in [1.165, 1.54) is 63.2 Å². The molecule has 0 unspecified atom stereocenters. The van der Waals surface area contributed by atoms with E-state index in [9.17, 15) is 0 Å². The van der Waals surface area contributed by atoms with Gasteiger partial charge in [-0.1, -0.05) is 71.4 Å². The molecule has 0 radical (unpaired) electrons. The molecule has 0 saturated heterocycles. The fourth-order valence-electron chi connectivity index (χ4n) is 6.84. The molecule has 0 atom stereocenters. The first-order valence-corrected chi connectivity index (χ1v) is 15.5. The molecule has 2 aliphatic rings. The highest BCUT2D eigenvalue weighted by atomic mass is 15.2. The van der Waals surface area contributed by atoms with Gasteiger partial charge in [0.25, 0.3) is 0 Å². The molecule has 3 aromatic carbocycles. The van der Waals surface area contributed by atoms with Crippen LogP contribution in [0.3, 0.4) is 0 Å². The van der Waals surface area contributed by atoms with E-state index in [1.807, 2.05) is 0 Å². The van der Waals surface area contributed by atoms with Crippen molar-refractivity contribution in [2.24, 2.45) is 0 Å². The summed E-state index contributed by atoms with van der Waals surface area (Å²) < 4.78 is 2.59. The van der Waals surface area contributed by atoms with Crippen molar-refractivity contribution in [2.75, 3.05) is 29.9 Å². The van der Waals surface area contributed by atoms with E-state index in [0.717, 1.165) is 32.5 Å². The number of hydrogen-bond donors (Lipinski definition) is 1. The van der Waals surface area contributed by atoms with Crippen molar-refractivity contribution >= 4 is 33.5 Å². The molecule has 0 bridgehead atoms. The lowest BCUT2D eigenvalue weighted by atomic mass is 9.79. The van der Waals surface area contributed by atoms with Gasteiger partial charge in [0.05, 0.1) is 5.41 Å². The van der Waals surface area contributed by atoms with Crippen LogP contribution in [-0.2, 0) is 10.8 Å². The number of anilines is 2. The molecular weight excluding hydrogens is 486 g/mol. The van der Waals surface area contributed by atoms with E-state index in [2.05, 4.69) is 136 Å². The Balaban J connectivity index is 1.56. The molecule has 1 N–H and O–H groups in total. The zero-order valence-electron chi connectivity index (χ0n) is 25.8. The Morgan fingerprint density at radius 3 is 2.42 bits per heavy atom. The third kappa shape index (κ3) is 4.78. The average molecular weight is 535 g/mol. The van der Waals surface area contributed by atoms with E-state index in [0.29, 0.717) is 0 Å². The largest absolute Gasteiger partial charge is 0.385 e. The number of nitrogens with zero attached hydrogens (tertiary/aromatic N) is 2.